The highest BCUT2D eigenvalue weighted by atomic mass is 32.2. The predicted molar refractivity (Wildman–Crippen MR) is 53.2 cm³/mol. The molecular weight excluding hydrogens is 237 g/mol. The summed E-state index contributed by atoms with van der Waals surface area (Å²) in [6.45, 7) is 0. The summed E-state index contributed by atoms with van der Waals surface area (Å²) in [6.07, 6.45) is 0.952. The molecule has 7 nitrogen and oxygen atoms in total. The minimum Gasteiger partial charge on any atom is -0.235 e. The Bertz CT molecular complexity index is 701. The van der Waals surface area contributed by atoms with Gasteiger partial charge in [0.05, 0.1) is 15.6 Å². The molecule has 0 radical (unpaired) electrons. The summed E-state index contributed by atoms with van der Waals surface area (Å²) in [7, 11) is -4.17. The van der Waals surface area contributed by atoms with Crippen LogP contribution >= 0.6 is 0 Å². The largest absolute Gasteiger partial charge is 0.329 e. The quantitative estimate of drug-likeness (QED) is 0.453. The molecule has 0 saturated carbocycles. The first-order chi connectivity index (χ1) is 7.54. The number of hydrogen-bond acceptors (Lipinski definition) is 3. The van der Waals surface area contributed by atoms with E-state index in [9.17, 15) is 12.8 Å². The van der Waals surface area contributed by atoms with Crippen LogP contribution in [0.4, 0.5) is 4.39 Å². The maximum absolute atomic E-state index is 12.8. The first-order valence-corrected chi connectivity index (χ1v) is 5.39. The number of halogens is 1. The molecule has 9 heteroatoms. The van der Waals surface area contributed by atoms with E-state index in [0.717, 1.165) is 18.5 Å². The molecule has 0 aliphatic heterocycles. The zero-order chi connectivity index (χ0) is 11.8. The fraction of sp³-hybridized carbons (Fsp3) is 0. The van der Waals surface area contributed by atoms with Crippen LogP contribution in [0.1, 0.15) is 0 Å². The van der Waals surface area contributed by atoms with E-state index >= 15 is 0 Å². The zero-order valence-electron chi connectivity index (χ0n) is 7.65. The molecular formula is C7H4FN5O2S. The van der Waals surface area contributed by atoms with Gasteiger partial charge in [-0.3, -0.25) is 0 Å². The number of aromatic nitrogens is 2. The fourth-order valence-corrected chi connectivity index (χ4v) is 1.97. The summed E-state index contributed by atoms with van der Waals surface area (Å²) >= 11 is 0. The Morgan fingerprint density at radius 2 is 2.25 bits per heavy atom. The average molecular weight is 241 g/mol. The van der Waals surface area contributed by atoms with Gasteiger partial charge in [-0.25, -0.2) is 13.3 Å². The standard InChI is InChI=1S/C7H4FN5O2S/c8-5-1-2-7-6(3-5)10-4-13(7)16(14,15)12-11-9/h1-4H. The van der Waals surface area contributed by atoms with Crippen molar-refractivity contribution in [1.82, 2.24) is 8.96 Å². The molecule has 82 valence electrons. The lowest BCUT2D eigenvalue weighted by molar-refractivity contribution is 0.590. The van der Waals surface area contributed by atoms with Gasteiger partial charge in [-0.1, -0.05) is 0 Å². The van der Waals surface area contributed by atoms with Gasteiger partial charge >= 0.3 is 10.2 Å². The van der Waals surface area contributed by atoms with Crippen LogP contribution in [-0.4, -0.2) is 17.4 Å². The van der Waals surface area contributed by atoms with E-state index in [1.54, 1.807) is 0 Å². The number of benzene rings is 1. The number of nitrogens with zero attached hydrogens (tertiary/aromatic N) is 5. The van der Waals surface area contributed by atoms with Gasteiger partial charge in [0.15, 0.2) is 0 Å². The molecule has 16 heavy (non-hydrogen) atoms. The number of rotatable bonds is 2. The van der Waals surface area contributed by atoms with Crippen molar-refractivity contribution in [3.8, 4) is 0 Å². The van der Waals surface area contributed by atoms with Gasteiger partial charge in [-0.15, -0.1) is 0 Å². The maximum atomic E-state index is 12.8. The lowest BCUT2D eigenvalue weighted by Crippen LogP contribution is -2.06. The Morgan fingerprint density at radius 3 is 2.94 bits per heavy atom. The molecule has 2 rings (SSSR count). The van der Waals surface area contributed by atoms with E-state index in [1.807, 2.05) is 0 Å². The maximum Gasteiger partial charge on any atom is 0.329 e. The van der Waals surface area contributed by atoms with Gasteiger partial charge in [0.1, 0.15) is 12.1 Å². The van der Waals surface area contributed by atoms with Crippen molar-refractivity contribution in [2.45, 2.75) is 0 Å². The summed E-state index contributed by atoms with van der Waals surface area (Å²) < 4.78 is 38.9. The normalized spacial score (nSPS) is 11.3. The highest BCUT2D eigenvalue weighted by Crippen LogP contribution is 2.16. The molecule has 0 atom stereocenters. The van der Waals surface area contributed by atoms with Crippen LogP contribution in [0.15, 0.2) is 29.0 Å². The van der Waals surface area contributed by atoms with Crippen LogP contribution < -0.4 is 0 Å². The van der Waals surface area contributed by atoms with Crippen molar-refractivity contribution >= 4 is 21.2 Å². The Hall–Kier alpha value is -2.12. The molecule has 0 N–H and O–H groups in total. The minimum absolute atomic E-state index is 0.147. The molecule has 1 aromatic carbocycles. The average Bonchev–Trinajstić information content (AvgIpc) is 2.60. The van der Waals surface area contributed by atoms with Crippen molar-refractivity contribution in [2.24, 2.45) is 4.52 Å². The van der Waals surface area contributed by atoms with E-state index < -0.39 is 16.0 Å². The van der Waals surface area contributed by atoms with Crippen molar-refractivity contribution in [2.75, 3.05) is 0 Å². The monoisotopic (exact) mass is 241 g/mol. The van der Waals surface area contributed by atoms with Gasteiger partial charge in [-0.05, 0) is 17.7 Å². The van der Waals surface area contributed by atoms with E-state index in [-0.39, 0.29) is 11.0 Å². The second-order valence-corrected chi connectivity index (χ2v) is 4.27. The van der Waals surface area contributed by atoms with Gasteiger partial charge in [-0.2, -0.15) is 8.42 Å². The molecule has 0 unspecified atom stereocenters. The van der Waals surface area contributed by atoms with Gasteiger partial charge < -0.3 is 0 Å². The smallest absolute Gasteiger partial charge is 0.235 e. The molecule has 1 aromatic heterocycles. The Morgan fingerprint density at radius 1 is 1.50 bits per heavy atom. The van der Waals surface area contributed by atoms with E-state index in [0.29, 0.717) is 3.97 Å². The summed E-state index contributed by atoms with van der Waals surface area (Å²) in [5, 5.41) is 0. The van der Waals surface area contributed by atoms with Gasteiger partial charge in [0, 0.05) is 11.0 Å². The molecule has 0 saturated heterocycles. The van der Waals surface area contributed by atoms with E-state index in [4.69, 9.17) is 5.53 Å². The zero-order valence-corrected chi connectivity index (χ0v) is 8.46. The molecule has 0 bridgehead atoms. The SMILES string of the molecule is [N-]=[N+]=NS(=O)(=O)n1cnc2cc(F)ccc21. The highest BCUT2D eigenvalue weighted by Gasteiger charge is 2.14. The third-order valence-electron chi connectivity index (χ3n) is 1.86. The summed E-state index contributed by atoms with van der Waals surface area (Å²) in [4.78, 5) is 5.89. The summed E-state index contributed by atoms with van der Waals surface area (Å²) in [6, 6.07) is 3.41. The second-order valence-electron chi connectivity index (χ2n) is 2.82. The third kappa shape index (κ3) is 1.58. The van der Waals surface area contributed by atoms with Crippen molar-refractivity contribution < 1.29 is 12.8 Å². The van der Waals surface area contributed by atoms with Crippen LogP contribution in [-0.2, 0) is 10.2 Å². The van der Waals surface area contributed by atoms with Crippen LogP contribution in [0, 0.1) is 5.82 Å². The van der Waals surface area contributed by atoms with Crippen LogP contribution in [0.25, 0.3) is 21.5 Å². The number of imidazole rings is 1. The number of hydrogen-bond donors (Lipinski definition) is 0. The predicted octanol–water partition coefficient (Wildman–Crippen LogP) is 1.58. The van der Waals surface area contributed by atoms with Crippen molar-refractivity contribution in [3.63, 3.8) is 0 Å². The molecule has 2 aromatic rings. The third-order valence-corrected chi connectivity index (χ3v) is 2.93. The first-order valence-electron chi connectivity index (χ1n) is 3.99. The molecule has 0 aliphatic carbocycles. The summed E-state index contributed by atoms with van der Waals surface area (Å²) in [5.41, 5.74) is 8.41. The molecule has 0 aliphatic rings. The molecule has 0 spiro atoms. The summed E-state index contributed by atoms with van der Waals surface area (Å²) in [5.74, 6) is -0.529. The lowest BCUT2D eigenvalue weighted by atomic mass is 10.3. The van der Waals surface area contributed by atoms with Crippen molar-refractivity contribution in [3.05, 3.63) is 40.8 Å². The topological polar surface area (TPSA) is 101 Å². The molecule has 1 heterocycles. The highest BCUT2D eigenvalue weighted by molar-refractivity contribution is 7.88. The van der Waals surface area contributed by atoms with E-state index in [1.165, 1.54) is 6.07 Å². The Balaban J connectivity index is 2.77. The van der Waals surface area contributed by atoms with Crippen molar-refractivity contribution in [1.29, 1.82) is 0 Å². The first kappa shape index (κ1) is 10.4. The Kier molecular flexibility index (Phi) is 2.26. The van der Waals surface area contributed by atoms with Crippen LogP contribution in [0.5, 0.6) is 0 Å². The molecule has 0 amide bonds. The molecule has 0 fully saturated rings. The minimum atomic E-state index is -4.17. The van der Waals surface area contributed by atoms with E-state index in [2.05, 4.69) is 14.4 Å². The fourth-order valence-electron chi connectivity index (χ4n) is 1.23. The van der Waals surface area contributed by atoms with Crippen LogP contribution in [0.2, 0.25) is 0 Å². The van der Waals surface area contributed by atoms with Crippen LogP contribution in [0.3, 0.4) is 0 Å². The number of azide groups is 1. The van der Waals surface area contributed by atoms with Gasteiger partial charge in [0.25, 0.3) is 0 Å². The number of fused-ring (bicyclic) bond motifs is 1. The Labute approximate surface area is 88.9 Å². The lowest BCUT2D eigenvalue weighted by Gasteiger charge is -1.98. The van der Waals surface area contributed by atoms with Gasteiger partial charge in [0.2, 0.25) is 0 Å². The second kappa shape index (κ2) is 3.47.